The normalized spacial score (nSPS) is 24.5. The minimum atomic E-state index is -1.89. The molecule has 2 atom stereocenters. The minimum Gasteiger partial charge on any atom is -0.547 e. The largest absolute Gasteiger partial charge is 0.547 e. The van der Waals surface area contributed by atoms with E-state index in [1.165, 1.54) is 5.19 Å². The molecule has 0 heterocycles. The Kier molecular flexibility index (Phi) is 6.01. The fourth-order valence-corrected chi connectivity index (χ4v) is 8.67. The van der Waals surface area contributed by atoms with Crippen LogP contribution < -0.4 is 5.19 Å². The van der Waals surface area contributed by atoms with Crippen LogP contribution in [-0.2, 0) is 4.43 Å². The van der Waals surface area contributed by atoms with E-state index in [-0.39, 0.29) is 10.6 Å². The van der Waals surface area contributed by atoms with Gasteiger partial charge in [-0.15, -0.1) is 0 Å². The molecule has 26 heavy (non-hydrogen) atoms. The van der Waals surface area contributed by atoms with Gasteiger partial charge in [0, 0.05) is 12.0 Å². The number of hydrogen-bond donors (Lipinski definition) is 1. The average Bonchev–Trinajstić information content (AvgIpc) is 2.83. The molecule has 1 aliphatic rings. The molecule has 1 N–H and O–H groups in total. The van der Waals surface area contributed by atoms with Crippen molar-refractivity contribution in [3.63, 3.8) is 0 Å². The monoisotopic (exact) mass is 390 g/mol. The van der Waals surface area contributed by atoms with Crippen molar-refractivity contribution in [1.29, 1.82) is 0 Å². The van der Waals surface area contributed by atoms with E-state index in [1.807, 2.05) is 0 Å². The van der Waals surface area contributed by atoms with Crippen LogP contribution >= 0.6 is 0 Å². The van der Waals surface area contributed by atoms with Gasteiger partial charge in [0.1, 0.15) is 0 Å². The molecule has 0 aromatic heterocycles. The summed E-state index contributed by atoms with van der Waals surface area (Å²) in [6.45, 7) is 18.3. The fourth-order valence-electron chi connectivity index (χ4n) is 3.97. The number of benzene rings is 1. The Morgan fingerprint density at radius 2 is 1.69 bits per heavy atom. The van der Waals surface area contributed by atoms with Crippen LogP contribution in [0.3, 0.4) is 0 Å². The molecule has 0 spiro atoms. The Balaban J connectivity index is 2.39. The van der Waals surface area contributed by atoms with E-state index in [2.05, 4.69) is 90.3 Å². The van der Waals surface area contributed by atoms with Crippen molar-refractivity contribution >= 4 is 21.6 Å². The molecule has 0 unspecified atom stereocenters. The lowest BCUT2D eigenvalue weighted by atomic mass is 9.95. The van der Waals surface area contributed by atoms with Gasteiger partial charge in [0.25, 0.3) is 0 Å². The number of aliphatic hydroxyl groups is 1. The standard InChI is InChI=1S/C22H38O2Si2/c1-9-15-22(23)17-18(24-26(7,8)21(2,3)4)16-20(22)25(5,6)19-13-11-10-12-14-19/h10-14,16,20,23H,9,15,17H2,1-8H3/t20-,22+/m0/s1. The van der Waals surface area contributed by atoms with Crippen LogP contribution in [0.5, 0.6) is 0 Å². The molecule has 0 saturated carbocycles. The number of hydrogen-bond acceptors (Lipinski definition) is 2. The first-order chi connectivity index (χ1) is 11.8. The fraction of sp³-hybridized carbons (Fsp3) is 0.636. The summed E-state index contributed by atoms with van der Waals surface area (Å²) in [5.41, 5.74) is -0.477. The topological polar surface area (TPSA) is 29.5 Å². The molecular formula is C22H38O2Si2. The van der Waals surface area contributed by atoms with Gasteiger partial charge in [-0.25, -0.2) is 0 Å². The third-order valence-corrected chi connectivity index (χ3v) is 15.0. The van der Waals surface area contributed by atoms with E-state index >= 15 is 0 Å². The molecule has 2 nitrogen and oxygen atoms in total. The molecule has 4 heteroatoms. The highest BCUT2D eigenvalue weighted by atomic mass is 28.4. The third kappa shape index (κ3) is 4.18. The van der Waals surface area contributed by atoms with E-state index in [1.54, 1.807) is 0 Å². The lowest BCUT2D eigenvalue weighted by Crippen LogP contribution is -2.52. The Labute approximate surface area is 162 Å². The van der Waals surface area contributed by atoms with Gasteiger partial charge in [0.2, 0.25) is 8.32 Å². The van der Waals surface area contributed by atoms with Gasteiger partial charge < -0.3 is 9.53 Å². The predicted octanol–water partition coefficient (Wildman–Crippen LogP) is 5.81. The molecule has 0 radical (unpaired) electrons. The first-order valence-corrected chi connectivity index (χ1v) is 16.0. The SMILES string of the molecule is CCC[C@@]1(O)CC(O[Si](C)(C)C(C)(C)C)=C[C@@H]1[Si](C)(C)c1ccccc1. The van der Waals surface area contributed by atoms with Crippen LogP contribution in [-0.4, -0.2) is 27.1 Å². The van der Waals surface area contributed by atoms with Gasteiger partial charge in [-0.2, -0.15) is 0 Å². The van der Waals surface area contributed by atoms with Crippen molar-refractivity contribution in [3.8, 4) is 0 Å². The molecule has 1 aromatic rings. The average molecular weight is 391 g/mol. The second-order valence-corrected chi connectivity index (χ2v) is 19.5. The first kappa shape index (κ1) is 21.5. The van der Waals surface area contributed by atoms with Gasteiger partial charge in [-0.05, 0) is 30.6 Å². The maximum atomic E-state index is 11.6. The van der Waals surface area contributed by atoms with E-state index < -0.39 is 22.0 Å². The summed E-state index contributed by atoms with van der Waals surface area (Å²) in [6.07, 6.45) is 4.80. The molecule has 0 aliphatic heterocycles. The minimum absolute atomic E-state index is 0.168. The van der Waals surface area contributed by atoms with E-state index in [9.17, 15) is 5.11 Å². The summed E-state index contributed by atoms with van der Waals surface area (Å²) in [7, 11) is -3.76. The maximum absolute atomic E-state index is 11.6. The highest BCUT2D eigenvalue weighted by Crippen LogP contribution is 2.49. The summed E-state index contributed by atoms with van der Waals surface area (Å²) < 4.78 is 6.63. The zero-order chi connectivity index (χ0) is 19.8. The summed E-state index contributed by atoms with van der Waals surface area (Å²) in [5.74, 6) is 1.04. The molecule has 0 amide bonds. The quantitative estimate of drug-likeness (QED) is 0.621. The Hall–Kier alpha value is -0.846. The molecule has 0 bridgehead atoms. The van der Waals surface area contributed by atoms with Gasteiger partial charge in [-0.3, -0.25) is 0 Å². The van der Waals surface area contributed by atoms with Gasteiger partial charge in [0.05, 0.1) is 19.4 Å². The van der Waals surface area contributed by atoms with Crippen LogP contribution in [0.15, 0.2) is 42.2 Å². The summed E-state index contributed by atoms with van der Waals surface area (Å²) in [6, 6.07) is 10.8. The zero-order valence-electron chi connectivity index (χ0n) is 18.0. The molecule has 1 aromatic carbocycles. The first-order valence-electron chi connectivity index (χ1n) is 10.0. The highest BCUT2D eigenvalue weighted by molar-refractivity contribution is 6.91. The van der Waals surface area contributed by atoms with Crippen LogP contribution in [0.1, 0.15) is 47.0 Å². The van der Waals surface area contributed by atoms with Crippen molar-refractivity contribution in [2.45, 2.75) is 89.3 Å². The van der Waals surface area contributed by atoms with Gasteiger partial charge >= 0.3 is 0 Å². The molecule has 0 saturated heterocycles. The highest BCUT2D eigenvalue weighted by Gasteiger charge is 2.51. The summed E-state index contributed by atoms with van der Waals surface area (Å²) in [5, 5.41) is 13.2. The van der Waals surface area contributed by atoms with Crippen LogP contribution in [0, 0.1) is 0 Å². The smallest absolute Gasteiger partial charge is 0.250 e. The second kappa shape index (κ2) is 7.29. The Morgan fingerprint density at radius 1 is 1.12 bits per heavy atom. The van der Waals surface area contributed by atoms with Crippen molar-refractivity contribution < 1.29 is 9.53 Å². The van der Waals surface area contributed by atoms with E-state index in [4.69, 9.17) is 4.43 Å². The van der Waals surface area contributed by atoms with Crippen LogP contribution in [0.25, 0.3) is 0 Å². The Morgan fingerprint density at radius 3 is 2.19 bits per heavy atom. The summed E-state index contributed by atoms with van der Waals surface area (Å²) >= 11 is 0. The second-order valence-electron chi connectivity index (χ2n) is 10.1. The zero-order valence-corrected chi connectivity index (χ0v) is 20.0. The molecule has 2 rings (SSSR count). The van der Waals surface area contributed by atoms with Crippen molar-refractivity contribution in [1.82, 2.24) is 0 Å². The lowest BCUT2D eigenvalue weighted by molar-refractivity contribution is 0.0358. The lowest BCUT2D eigenvalue weighted by Gasteiger charge is -2.40. The summed E-state index contributed by atoms with van der Waals surface area (Å²) in [4.78, 5) is 0. The van der Waals surface area contributed by atoms with E-state index in [0.29, 0.717) is 6.42 Å². The van der Waals surface area contributed by atoms with Gasteiger partial charge in [-0.1, -0.05) is 82.7 Å². The van der Waals surface area contributed by atoms with Crippen LogP contribution in [0.2, 0.25) is 36.8 Å². The van der Waals surface area contributed by atoms with E-state index in [0.717, 1.165) is 18.6 Å². The Bertz CT molecular complexity index is 644. The molecular weight excluding hydrogens is 352 g/mol. The van der Waals surface area contributed by atoms with Crippen molar-refractivity contribution in [2.24, 2.45) is 0 Å². The van der Waals surface area contributed by atoms with Crippen molar-refractivity contribution in [3.05, 3.63) is 42.2 Å². The predicted molar refractivity (Wildman–Crippen MR) is 118 cm³/mol. The van der Waals surface area contributed by atoms with Gasteiger partial charge in [0.15, 0.2) is 0 Å². The third-order valence-electron chi connectivity index (χ3n) is 6.58. The van der Waals surface area contributed by atoms with Crippen LogP contribution in [0.4, 0.5) is 0 Å². The molecule has 0 fully saturated rings. The molecule has 146 valence electrons. The van der Waals surface area contributed by atoms with Crippen molar-refractivity contribution in [2.75, 3.05) is 0 Å². The number of rotatable bonds is 6. The molecule has 1 aliphatic carbocycles. The maximum Gasteiger partial charge on any atom is 0.250 e.